The first-order valence-corrected chi connectivity index (χ1v) is 6.08. The summed E-state index contributed by atoms with van der Waals surface area (Å²) < 4.78 is 5.70. The highest BCUT2D eigenvalue weighted by molar-refractivity contribution is 5.68. The molecular formula is C13H15NO5. The van der Waals surface area contributed by atoms with Crippen LogP contribution < -0.4 is 4.74 Å². The number of carboxylic acid groups (broad SMARTS) is 1. The first-order chi connectivity index (χ1) is 8.92. The largest absolute Gasteiger partial charge is 0.481 e. The molecule has 0 bridgehead atoms. The van der Waals surface area contributed by atoms with E-state index in [4.69, 9.17) is 9.84 Å². The minimum absolute atomic E-state index is 0.123. The molecule has 0 radical (unpaired) electrons. The van der Waals surface area contributed by atoms with Crippen molar-refractivity contribution in [2.24, 2.45) is 0 Å². The number of nitrogens with zero attached hydrogens (tertiary/aromatic N) is 1. The number of hydrogen-bond donors (Lipinski definition) is 1. The lowest BCUT2D eigenvalue weighted by molar-refractivity contribution is -0.386. The third kappa shape index (κ3) is 2.83. The van der Waals surface area contributed by atoms with Crippen LogP contribution in [0, 0.1) is 17.0 Å². The molecule has 1 aliphatic carbocycles. The van der Waals surface area contributed by atoms with Crippen molar-refractivity contribution in [3.63, 3.8) is 0 Å². The van der Waals surface area contributed by atoms with Gasteiger partial charge in [-0.1, -0.05) is 6.07 Å². The SMILES string of the molecule is Cc1ccc([N+](=O)[O-])c(OC2(CC(=O)O)CCC2)c1. The van der Waals surface area contributed by atoms with E-state index in [-0.39, 0.29) is 17.9 Å². The summed E-state index contributed by atoms with van der Waals surface area (Å²) >= 11 is 0. The topological polar surface area (TPSA) is 89.7 Å². The van der Waals surface area contributed by atoms with E-state index in [0.717, 1.165) is 12.0 Å². The summed E-state index contributed by atoms with van der Waals surface area (Å²) in [6.07, 6.45) is 1.99. The molecule has 0 aliphatic heterocycles. The van der Waals surface area contributed by atoms with Crippen LogP contribution in [0.25, 0.3) is 0 Å². The number of aliphatic carboxylic acids is 1. The Balaban J connectivity index is 2.28. The fourth-order valence-corrected chi connectivity index (χ4v) is 2.25. The molecule has 0 heterocycles. The maximum atomic E-state index is 11.0. The molecule has 6 heteroatoms. The molecule has 1 aliphatic rings. The van der Waals surface area contributed by atoms with E-state index in [2.05, 4.69) is 0 Å². The molecule has 0 saturated heterocycles. The molecule has 1 aromatic rings. The van der Waals surface area contributed by atoms with Crippen molar-refractivity contribution in [1.29, 1.82) is 0 Å². The monoisotopic (exact) mass is 265 g/mol. The first-order valence-electron chi connectivity index (χ1n) is 6.08. The van der Waals surface area contributed by atoms with Crippen LogP contribution in [0.3, 0.4) is 0 Å². The Morgan fingerprint density at radius 3 is 2.68 bits per heavy atom. The third-order valence-corrected chi connectivity index (χ3v) is 3.38. The van der Waals surface area contributed by atoms with Gasteiger partial charge in [-0.3, -0.25) is 14.9 Å². The summed E-state index contributed by atoms with van der Waals surface area (Å²) in [6, 6.07) is 4.60. The van der Waals surface area contributed by atoms with E-state index < -0.39 is 16.5 Å². The van der Waals surface area contributed by atoms with Crippen LogP contribution in [0.15, 0.2) is 18.2 Å². The number of nitro benzene ring substituents is 1. The standard InChI is InChI=1S/C13H15NO5/c1-9-3-4-10(14(17)18)11(7-9)19-13(5-2-6-13)8-12(15)16/h3-4,7H,2,5-6,8H2,1H3,(H,15,16). The molecule has 1 saturated carbocycles. The average molecular weight is 265 g/mol. The van der Waals surface area contributed by atoms with Gasteiger partial charge in [-0.2, -0.15) is 0 Å². The number of carboxylic acids is 1. The zero-order valence-corrected chi connectivity index (χ0v) is 10.6. The van der Waals surface area contributed by atoms with Crippen LogP contribution in [0.5, 0.6) is 5.75 Å². The van der Waals surface area contributed by atoms with Gasteiger partial charge < -0.3 is 9.84 Å². The minimum atomic E-state index is -0.949. The highest BCUT2D eigenvalue weighted by Crippen LogP contribution is 2.42. The Labute approximate surface area is 110 Å². The Morgan fingerprint density at radius 2 is 2.21 bits per heavy atom. The molecule has 0 aromatic heterocycles. The number of nitro groups is 1. The molecule has 1 N–H and O–H groups in total. The predicted molar refractivity (Wildman–Crippen MR) is 67.3 cm³/mol. The van der Waals surface area contributed by atoms with E-state index in [1.807, 2.05) is 0 Å². The summed E-state index contributed by atoms with van der Waals surface area (Å²) in [5.74, 6) is -0.791. The summed E-state index contributed by atoms with van der Waals surface area (Å²) in [5.41, 5.74) is -0.0719. The van der Waals surface area contributed by atoms with Crippen LogP contribution in [0.1, 0.15) is 31.2 Å². The zero-order valence-electron chi connectivity index (χ0n) is 10.6. The number of carbonyl (C=O) groups is 1. The van der Waals surface area contributed by atoms with Crippen LogP contribution in [-0.2, 0) is 4.79 Å². The molecule has 0 spiro atoms. The predicted octanol–water partition coefficient (Wildman–Crippen LogP) is 2.68. The Morgan fingerprint density at radius 1 is 1.53 bits per heavy atom. The van der Waals surface area contributed by atoms with Gasteiger partial charge in [0.25, 0.3) is 0 Å². The first kappa shape index (κ1) is 13.3. The molecule has 0 amide bonds. The number of rotatable bonds is 5. The lowest BCUT2D eigenvalue weighted by Crippen LogP contribution is -2.45. The highest BCUT2D eigenvalue weighted by Gasteiger charge is 2.42. The fourth-order valence-electron chi connectivity index (χ4n) is 2.25. The highest BCUT2D eigenvalue weighted by atomic mass is 16.6. The second-order valence-electron chi connectivity index (χ2n) is 4.94. The lowest BCUT2D eigenvalue weighted by atomic mass is 9.77. The minimum Gasteiger partial charge on any atom is -0.481 e. The van der Waals surface area contributed by atoms with Gasteiger partial charge in [0.15, 0.2) is 5.75 Å². The summed E-state index contributed by atoms with van der Waals surface area (Å²) in [5, 5.41) is 19.9. The fraction of sp³-hybridized carbons (Fsp3) is 0.462. The molecule has 1 fully saturated rings. The summed E-state index contributed by atoms with van der Waals surface area (Å²) in [7, 11) is 0. The van der Waals surface area contributed by atoms with Crippen molar-refractivity contribution in [1.82, 2.24) is 0 Å². The molecule has 0 atom stereocenters. The van der Waals surface area contributed by atoms with Gasteiger partial charge in [0.05, 0.1) is 11.3 Å². The van der Waals surface area contributed by atoms with Crippen molar-refractivity contribution in [2.45, 2.75) is 38.2 Å². The van der Waals surface area contributed by atoms with E-state index in [1.165, 1.54) is 6.07 Å². The van der Waals surface area contributed by atoms with Gasteiger partial charge in [-0.15, -0.1) is 0 Å². The zero-order chi connectivity index (χ0) is 14.0. The summed E-state index contributed by atoms with van der Waals surface area (Å²) in [6.45, 7) is 1.81. The van der Waals surface area contributed by atoms with E-state index in [1.54, 1.807) is 19.1 Å². The maximum absolute atomic E-state index is 11.0. The van der Waals surface area contributed by atoms with Crippen molar-refractivity contribution in [3.05, 3.63) is 33.9 Å². The van der Waals surface area contributed by atoms with E-state index >= 15 is 0 Å². The molecule has 19 heavy (non-hydrogen) atoms. The second kappa shape index (κ2) is 4.87. The van der Waals surface area contributed by atoms with Crippen LogP contribution in [0.2, 0.25) is 0 Å². The van der Waals surface area contributed by atoms with Crippen LogP contribution >= 0.6 is 0 Å². The molecule has 6 nitrogen and oxygen atoms in total. The number of hydrogen-bond acceptors (Lipinski definition) is 4. The van der Waals surface area contributed by atoms with Crippen LogP contribution in [-0.4, -0.2) is 21.6 Å². The van der Waals surface area contributed by atoms with Crippen molar-refractivity contribution in [2.75, 3.05) is 0 Å². The summed E-state index contributed by atoms with van der Waals surface area (Å²) in [4.78, 5) is 21.3. The van der Waals surface area contributed by atoms with Gasteiger partial charge in [0, 0.05) is 6.07 Å². The van der Waals surface area contributed by atoms with E-state index in [9.17, 15) is 14.9 Å². The van der Waals surface area contributed by atoms with Crippen molar-refractivity contribution < 1.29 is 19.6 Å². The Kier molecular flexibility index (Phi) is 3.42. The van der Waals surface area contributed by atoms with Gasteiger partial charge in [-0.25, -0.2) is 0 Å². The Bertz CT molecular complexity index is 522. The normalized spacial score (nSPS) is 16.5. The smallest absolute Gasteiger partial charge is 0.310 e. The van der Waals surface area contributed by atoms with Gasteiger partial charge in [0.1, 0.15) is 5.60 Å². The van der Waals surface area contributed by atoms with Crippen LogP contribution in [0.4, 0.5) is 5.69 Å². The van der Waals surface area contributed by atoms with E-state index in [0.29, 0.717) is 12.8 Å². The van der Waals surface area contributed by atoms with Crippen molar-refractivity contribution in [3.8, 4) is 5.75 Å². The molecule has 2 rings (SSSR count). The van der Waals surface area contributed by atoms with Gasteiger partial charge >= 0.3 is 11.7 Å². The number of aryl methyl sites for hydroxylation is 1. The Hall–Kier alpha value is -2.11. The van der Waals surface area contributed by atoms with Gasteiger partial charge in [0.2, 0.25) is 0 Å². The third-order valence-electron chi connectivity index (χ3n) is 3.38. The molecule has 1 aromatic carbocycles. The van der Waals surface area contributed by atoms with Gasteiger partial charge in [-0.05, 0) is 37.8 Å². The lowest BCUT2D eigenvalue weighted by Gasteiger charge is -2.40. The number of benzene rings is 1. The number of ether oxygens (including phenoxy) is 1. The molecular weight excluding hydrogens is 250 g/mol. The van der Waals surface area contributed by atoms with Crippen molar-refractivity contribution >= 4 is 11.7 Å². The molecule has 0 unspecified atom stereocenters. The average Bonchev–Trinajstić information content (AvgIpc) is 2.25. The second-order valence-corrected chi connectivity index (χ2v) is 4.94. The quantitative estimate of drug-likeness (QED) is 0.653. The maximum Gasteiger partial charge on any atom is 0.310 e. The molecule has 102 valence electrons.